The Balaban J connectivity index is 1.87. The molecule has 0 bridgehead atoms. The molecule has 1 atom stereocenters. The van der Waals surface area contributed by atoms with E-state index in [1.807, 2.05) is 30.3 Å². The van der Waals surface area contributed by atoms with Crippen molar-refractivity contribution in [2.24, 2.45) is 0 Å². The predicted octanol–water partition coefficient (Wildman–Crippen LogP) is 2.70. The molecule has 0 amide bonds. The van der Waals surface area contributed by atoms with Crippen LogP contribution in [-0.4, -0.2) is 4.98 Å². The van der Waals surface area contributed by atoms with E-state index in [-0.39, 0.29) is 6.10 Å². The molecule has 1 N–H and O–H groups in total. The van der Waals surface area contributed by atoms with E-state index in [0.29, 0.717) is 0 Å². The molecule has 3 heteroatoms. The molecule has 0 aliphatic carbocycles. The summed E-state index contributed by atoms with van der Waals surface area (Å²) in [5, 5.41) is 0. The van der Waals surface area contributed by atoms with Crippen LogP contribution in [0.25, 0.3) is 5.70 Å². The topological polar surface area (TPSA) is 34.1 Å². The quantitative estimate of drug-likeness (QED) is 0.851. The third-order valence-corrected chi connectivity index (χ3v) is 2.73. The Morgan fingerprint density at radius 1 is 1.00 bits per heavy atom. The van der Waals surface area contributed by atoms with E-state index in [0.717, 1.165) is 16.8 Å². The third kappa shape index (κ3) is 2.05. The minimum atomic E-state index is -0.0480. The number of nitrogens with zero attached hydrogens (tertiary/aromatic N) is 1. The Hall–Kier alpha value is -2.13. The molecule has 0 fully saturated rings. The van der Waals surface area contributed by atoms with Crippen LogP contribution < -0.4 is 5.48 Å². The highest BCUT2D eigenvalue weighted by Crippen LogP contribution is 2.27. The summed E-state index contributed by atoms with van der Waals surface area (Å²) in [5.74, 6) is 0. The van der Waals surface area contributed by atoms with Crippen molar-refractivity contribution in [2.45, 2.75) is 6.10 Å². The van der Waals surface area contributed by atoms with Gasteiger partial charge in [-0.2, -0.15) is 0 Å². The Morgan fingerprint density at radius 3 is 2.53 bits per heavy atom. The Labute approximate surface area is 99.7 Å². The van der Waals surface area contributed by atoms with Gasteiger partial charge in [-0.05, 0) is 29.3 Å². The second kappa shape index (κ2) is 4.39. The minimum absolute atomic E-state index is 0.0480. The fourth-order valence-electron chi connectivity index (χ4n) is 1.84. The number of benzene rings is 1. The zero-order valence-electron chi connectivity index (χ0n) is 9.21. The van der Waals surface area contributed by atoms with Gasteiger partial charge < -0.3 is 0 Å². The number of nitrogens with one attached hydrogen (secondary N) is 1. The normalized spacial score (nSPS) is 18.6. The van der Waals surface area contributed by atoms with Gasteiger partial charge >= 0.3 is 0 Å². The average molecular weight is 224 g/mol. The third-order valence-electron chi connectivity index (χ3n) is 2.73. The first-order valence-corrected chi connectivity index (χ1v) is 5.52. The van der Waals surface area contributed by atoms with Crippen LogP contribution in [0.5, 0.6) is 0 Å². The second-order valence-corrected chi connectivity index (χ2v) is 3.87. The maximum atomic E-state index is 5.54. The summed E-state index contributed by atoms with van der Waals surface area (Å²) in [6, 6.07) is 14.0. The van der Waals surface area contributed by atoms with Crippen molar-refractivity contribution in [3.8, 4) is 0 Å². The van der Waals surface area contributed by atoms with E-state index >= 15 is 0 Å². The zero-order chi connectivity index (χ0) is 11.5. The van der Waals surface area contributed by atoms with Crippen molar-refractivity contribution in [1.29, 1.82) is 0 Å². The van der Waals surface area contributed by atoms with Crippen LogP contribution in [0.4, 0.5) is 0 Å². The summed E-state index contributed by atoms with van der Waals surface area (Å²) in [5.41, 5.74) is 6.19. The molecular formula is C14H12N2O. The molecule has 0 saturated carbocycles. The van der Waals surface area contributed by atoms with E-state index in [4.69, 9.17) is 4.84 Å². The second-order valence-electron chi connectivity index (χ2n) is 3.87. The Morgan fingerprint density at radius 2 is 1.76 bits per heavy atom. The Kier molecular flexibility index (Phi) is 2.60. The monoisotopic (exact) mass is 224 g/mol. The SMILES string of the molecule is C1=C(c2ccccc2)NOC1c1ccncc1. The summed E-state index contributed by atoms with van der Waals surface area (Å²) in [4.78, 5) is 9.53. The summed E-state index contributed by atoms with van der Waals surface area (Å²) < 4.78 is 0. The number of hydrogen-bond donors (Lipinski definition) is 1. The lowest BCUT2D eigenvalue weighted by atomic mass is 10.1. The summed E-state index contributed by atoms with van der Waals surface area (Å²) in [7, 11) is 0. The smallest absolute Gasteiger partial charge is 0.131 e. The van der Waals surface area contributed by atoms with Gasteiger partial charge in [0.2, 0.25) is 0 Å². The van der Waals surface area contributed by atoms with E-state index in [1.165, 1.54) is 0 Å². The average Bonchev–Trinajstić information content (AvgIpc) is 2.90. The highest BCUT2D eigenvalue weighted by Gasteiger charge is 2.18. The van der Waals surface area contributed by atoms with Crippen LogP contribution in [0, 0.1) is 0 Å². The maximum Gasteiger partial charge on any atom is 0.131 e. The summed E-state index contributed by atoms with van der Waals surface area (Å²) in [6.07, 6.45) is 5.57. The molecule has 84 valence electrons. The summed E-state index contributed by atoms with van der Waals surface area (Å²) >= 11 is 0. The van der Waals surface area contributed by atoms with Crippen molar-refractivity contribution in [2.75, 3.05) is 0 Å². The largest absolute Gasteiger partial charge is 0.266 e. The van der Waals surface area contributed by atoms with E-state index < -0.39 is 0 Å². The van der Waals surface area contributed by atoms with Crippen molar-refractivity contribution >= 4 is 5.70 Å². The van der Waals surface area contributed by atoms with Gasteiger partial charge in [-0.1, -0.05) is 30.3 Å². The first kappa shape index (κ1) is 10.1. The van der Waals surface area contributed by atoms with Gasteiger partial charge in [0.05, 0.1) is 5.70 Å². The summed E-state index contributed by atoms with van der Waals surface area (Å²) in [6.45, 7) is 0. The molecule has 2 aromatic rings. The van der Waals surface area contributed by atoms with Gasteiger partial charge in [-0.15, -0.1) is 0 Å². The minimum Gasteiger partial charge on any atom is -0.266 e. The van der Waals surface area contributed by atoms with Crippen molar-refractivity contribution in [1.82, 2.24) is 10.5 Å². The lowest BCUT2D eigenvalue weighted by molar-refractivity contribution is 0.0510. The van der Waals surface area contributed by atoms with Crippen LogP contribution in [0.15, 0.2) is 60.9 Å². The molecule has 3 rings (SSSR count). The van der Waals surface area contributed by atoms with E-state index in [1.54, 1.807) is 12.4 Å². The highest BCUT2D eigenvalue weighted by molar-refractivity contribution is 5.65. The molecule has 1 aromatic carbocycles. The highest BCUT2D eigenvalue weighted by atomic mass is 16.7. The number of pyridine rings is 1. The van der Waals surface area contributed by atoms with Gasteiger partial charge in [0.25, 0.3) is 0 Å². The fraction of sp³-hybridized carbons (Fsp3) is 0.0714. The first-order chi connectivity index (χ1) is 8.43. The molecule has 1 aliphatic heterocycles. The molecule has 3 nitrogen and oxygen atoms in total. The maximum absolute atomic E-state index is 5.54. The number of hydroxylamine groups is 1. The predicted molar refractivity (Wildman–Crippen MR) is 65.6 cm³/mol. The standard InChI is InChI=1S/C14H12N2O/c1-2-4-11(5-3-1)13-10-14(17-16-13)12-6-8-15-9-7-12/h1-10,14,16H. The molecule has 0 saturated heterocycles. The van der Waals surface area contributed by atoms with Crippen molar-refractivity contribution in [3.05, 3.63) is 72.1 Å². The molecule has 1 unspecified atom stereocenters. The van der Waals surface area contributed by atoms with E-state index in [2.05, 4.69) is 28.7 Å². The van der Waals surface area contributed by atoms with Crippen LogP contribution in [0.1, 0.15) is 17.2 Å². The fourth-order valence-corrected chi connectivity index (χ4v) is 1.84. The van der Waals surface area contributed by atoms with Crippen LogP contribution in [0.2, 0.25) is 0 Å². The van der Waals surface area contributed by atoms with Gasteiger partial charge in [0, 0.05) is 12.4 Å². The lowest BCUT2D eigenvalue weighted by Crippen LogP contribution is -2.07. The molecule has 1 aliphatic rings. The molecule has 0 radical (unpaired) electrons. The first-order valence-electron chi connectivity index (χ1n) is 5.52. The van der Waals surface area contributed by atoms with Gasteiger partial charge in [0.15, 0.2) is 0 Å². The van der Waals surface area contributed by atoms with Gasteiger partial charge in [-0.3, -0.25) is 15.3 Å². The molecule has 17 heavy (non-hydrogen) atoms. The number of hydrogen-bond acceptors (Lipinski definition) is 3. The van der Waals surface area contributed by atoms with Crippen LogP contribution in [-0.2, 0) is 4.84 Å². The molecule has 2 heterocycles. The number of rotatable bonds is 2. The lowest BCUT2D eigenvalue weighted by Gasteiger charge is -2.06. The zero-order valence-corrected chi connectivity index (χ0v) is 9.21. The Bertz CT molecular complexity index is 522. The van der Waals surface area contributed by atoms with Crippen LogP contribution >= 0.6 is 0 Å². The molecule has 1 aromatic heterocycles. The molecular weight excluding hydrogens is 212 g/mol. The van der Waals surface area contributed by atoms with Gasteiger partial charge in [-0.25, -0.2) is 0 Å². The number of aromatic nitrogens is 1. The van der Waals surface area contributed by atoms with E-state index in [9.17, 15) is 0 Å². The van der Waals surface area contributed by atoms with Crippen LogP contribution in [0.3, 0.4) is 0 Å². The van der Waals surface area contributed by atoms with Crippen molar-refractivity contribution in [3.63, 3.8) is 0 Å². The van der Waals surface area contributed by atoms with Gasteiger partial charge in [0.1, 0.15) is 6.10 Å². The van der Waals surface area contributed by atoms with Crippen molar-refractivity contribution < 1.29 is 4.84 Å². The molecule has 0 spiro atoms.